The summed E-state index contributed by atoms with van der Waals surface area (Å²) >= 11 is 0. The topological polar surface area (TPSA) is 71.2 Å². The normalized spacial score (nSPS) is 28.7. The van der Waals surface area contributed by atoms with Crippen LogP contribution in [-0.4, -0.2) is 30.0 Å². The van der Waals surface area contributed by atoms with Crippen LogP contribution in [0.4, 0.5) is 11.5 Å². The zero-order valence-corrected chi connectivity index (χ0v) is 14.4. The lowest BCUT2D eigenvalue weighted by atomic mass is 9.65. The van der Waals surface area contributed by atoms with Crippen molar-refractivity contribution in [3.63, 3.8) is 0 Å². The van der Waals surface area contributed by atoms with Crippen molar-refractivity contribution in [1.29, 1.82) is 0 Å². The number of carbonyl (C=O) groups is 1. The number of nitrogens with zero attached hydrogens (tertiary/aromatic N) is 2. The second kappa shape index (κ2) is 5.78. The zero-order valence-electron chi connectivity index (χ0n) is 14.4. The third kappa shape index (κ3) is 3.50. The maximum atomic E-state index is 11.6. The summed E-state index contributed by atoms with van der Waals surface area (Å²) in [6.07, 6.45) is 5.84. The Morgan fingerprint density at radius 2 is 2.17 bits per heavy atom. The molecule has 1 saturated carbocycles. The molecule has 1 aromatic heterocycles. The molecular weight excluding hydrogens is 288 g/mol. The van der Waals surface area contributed by atoms with Crippen molar-refractivity contribution >= 4 is 17.4 Å². The summed E-state index contributed by atoms with van der Waals surface area (Å²) in [5, 5.41) is 2.83. The van der Waals surface area contributed by atoms with Gasteiger partial charge >= 0.3 is 0 Å². The smallest absolute Gasteiger partial charge is 0.225 e. The molecule has 3 N–H and O–H groups in total. The average molecular weight is 316 g/mol. The first-order valence-electron chi connectivity index (χ1n) is 8.53. The van der Waals surface area contributed by atoms with Crippen LogP contribution in [0.2, 0.25) is 0 Å². The molecule has 2 bridgehead atoms. The Bertz CT molecular complexity index is 583. The molecule has 0 spiro atoms. The van der Waals surface area contributed by atoms with Gasteiger partial charge in [0.25, 0.3) is 0 Å². The number of fused-ring (bicyclic) bond motifs is 2. The van der Waals surface area contributed by atoms with Crippen molar-refractivity contribution in [3.8, 4) is 0 Å². The van der Waals surface area contributed by atoms with Gasteiger partial charge in [0.15, 0.2) is 0 Å². The molecule has 5 heteroatoms. The number of anilines is 2. The Balaban J connectivity index is 1.72. The number of carbonyl (C=O) groups excluding carboxylic acids is 1. The molecule has 1 saturated heterocycles. The van der Waals surface area contributed by atoms with Gasteiger partial charge in [0.1, 0.15) is 5.82 Å². The van der Waals surface area contributed by atoms with E-state index >= 15 is 0 Å². The van der Waals surface area contributed by atoms with E-state index in [9.17, 15) is 4.79 Å². The van der Waals surface area contributed by atoms with Crippen LogP contribution in [-0.2, 0) is 4.79 Å². The van der Waals surface area contributed by atoms with Gasteiger partial charge in [-0.2, -0.15) is 0 Å². The SMILES string of the molecule is CC1(C)CC2CC(C)(CN2c2ccc(NC(=O)CCN)cn2)C1. The molecule has 1 aliphatic heterocycles. The fourth-order valence-corrected chi connectivity index (χ4v) is 4.71. The maximum Gasteiger partial charge on any atom is 0.225 e. The summed E-state index contributed by atoms with van der Waals surface area (Å²) in [7, 11) is 0. The van der Waals surface area contributed by atoms with Gasteiger partial charge in [0.2, 0.25) is 5.91 Å². The van der Waals surface area contributed by atoms with E-state index in [0.717, 1.165) is 18.1 Å². The predicted octanol–water partition coefficient (Wildman–Crippen LogP) is 2.77. The first-order chi connectivity index (χ1) is 10.8. The summed E-state index contributed by atoms with van der Waals surface area (Å²) in [4.78, 5) is 18.6. The average Bonchev–Trinajstić information content (AvgIpc) is 2.69. The lowest BCUT2D eigenvalue weighted by Gasteiger charge is -2.39. The highest BCUT2D eigenvalue weighted by Gasteiger charge is 2.49. The second-order valence-corrected chi connectivity index (χ2v) is 8.33. The quantitative estimate of drug-likeness (QED) is 0.896. The highest BCUT2D eigenvalue weighted by atomic mass is 16.1. The molecule has 2 heterocycles. The molecule has 2 atom stereocenters. The van der Waals surface area contributed by atoms with E-state index in [2.05, 4.69) is 36.0 Å². The van der Waals surface area contributed by atoms with E-state index in [1.165, 1.54) is 19.3 Å². The van der Waals surface area contributed by atoms with Crippen molar-refractivity contribution in [2.24, 2.45) is 16.6 Å². The van der Waals surface area contributed by atoms with Crippen molar-refractivity contribution in [3.05, 3.63) is 18.3 Å². The van der Waals surface area contributed by atoms with E-state index in [-0.39, 0.29) is 5.91 Å². The first-order valence-corrected chi connectivity index (χ1v) is 8.53. The Hall–Kier alpha value is -1.62. The highest BCUT2D eigenvalue weighted by Crippen LogP contribution is 2.53. The van der Waals surface area contributed by atoms with Gasteiger partial charge in [-0.25, -0.2) is 4.98 Å². The van der Waals surface area contributed by atoms with Crippen LogP contribution in [0.15, 0.2) is 18.3 Å². The minimum absolute atomic E-state index is 0.0617. The van der Waals surface area contributed by atoms with Gasteiger partial charge in [-0.05, 0) is 42.2 Å². The molecule has 2 unspecified atom stereocenters. The van der Waals surface area contributed by atoms with E-state index in [1.54, 1.807) is 6.20 Å². The monoisotopic (exact) mass is 316 g/mol. The lowest BCUT2D eigenvalue weighted by molar-refractivity contribution is -0.116. The Morgan fingerprint density at radius 3 is 2.83 bits per heavy atom. The molecule has 2 fully saturated rings. The molecule has 23 heavy (non-hydrogen) atoms. The molecule has 2 aliphatic rings. The molecule has 1 amide bonds. The summed E-state index contributed by atoms with van der Waals surface area (Å²) in [6.45, 7) is 8.60. The number of hydrogen-bond donors (Lipinski definition) is 2. The maximum absolute atomic E-state index is 11.6. The number of amides is 1. The number of nitrogens with one attached hydrogen (secondary N) is 1. The first kappa shape index (κ1) is 16.2. The van der Waals surface area contributed by atoms with Crippen LogP contribution in [0, 0.1) is 10.8 Å². The van der Waals surface area contributed by atoms with Gasteiger partial charge in [-0.1, -0.05) is 20.8 Å². The van der Waals surface area contributed by atoms with Gasteiger partial charge in [0, 0.05) is 25.6 Å². The largest absolute Gasteiger partial charge is 0.353 e. The van der Waals surface area contributed by atoms with E-state index in [0.29, 0.717) is 29.8 Å². The Kier molecular flexibility index (Phi) is 4.08. The molecule has 1 aliphatic carbocycles. The summed E-state index contributed by atoms with van der Waals surface area (Å²) in [5.74, 6) is 0.960. The summed E-state index contributed by atoms with van der Waals surface area (Å²) in [5.41, 5.74) is 6.92. The fourth-order valence-electron chi connectivity index (χ4n) is 4.71. The molecule has 0 radical (unpaired) electrons. The van der Waals surface area contributed by atoms with Crippen LogP contribution in [0.1, 0.15) is 46.5 Å². The van der Waals surface area contributed by atoms with Crippen molar-refractivity contribution in [2.45, 2.75) is 52.5 Å². The van der Waals surface area contributed by atoms with Crippen molar-refractivity contribution < 1.29 is 4.79 Å². The zero-order chi connectivity index (χ0) is 16.7. The molecule has 1 aromatic rings. The molecule has 3 rings (SSSR count). The third-order valence-electron chi connectivity index (χ3n) is 5.11. The Morgan fingerprint density at radius 1 is 1.39 bits per heavy atom. The van der Waals surface area contributed by atoms with Crippen LogP contribution in [0.3, 0.4) is 0 Å². The van der Waals surface area contributed by atoms with Crippen LogP contribution < -0.4 is 16.0 Å². The van der Waals surface area contributed by atoms with Gasteiger partial charge in [-0.15, -0.1) is 0 Å². The van der Waals surface area contributed by atoms with Crippen molar-refractivity contribution in [2.75, 3.05) is 23.3 Å². The minimum atomic E-state index is -0.0617. The highest BCUT2D eigenvalue weighted by molar-refractivity contribution is 5.90. The molecular formula is C18H28N4O. The van der Waals surface area contributed by atoms with Gasteiger partial charge < -0.3 is 16.0 Å². The van der Waals surface area contributed by atoms with Gasteiger partial charge in [0.05, 0.1) is 11.9 Å². The minimum Gasteiger partial charge on any atom is -0.353 e. The van der Waals surface area contributed by atoms with E-state index < -0.39 is 0 Å². The fraction of sp³-hybridized carbons (Fsp3) is 0.667. The number of nitrogens with two attached hydrogens (primary N) is 1. The molecule has 0 aromatic carbocycles. The van der Waals surface area contributed by atoms with Crippen molar-refractivity contribution in [1.82, 2.24) is 4.98 Å². The van der Waals surface area contributed by atoms with Crippen LogP contribution >= 0.6 is 0 Å². The Labute approximate surface area is 138 Å². The predicted molar refractivity (Wildman–Crippen MR) is 93.4 cm³/mol. The lowest BCUT2D eigenvalue weighted by Crippen LogP contribution is -2.35. The summed E-state index contributed by atoms with van der Waals surface area (Å²) < 4.78 is 0. The molecule has 126 valence electrons. The number of pyridine rings is 1. The van der Waals surface area contributed by atoms with Crippen LogP contribution in [0.5, 0.6) is 0 Å². The number of rotatable bonds is 4. The van der Waals surface area contributed by atoms with Crippen LogP contribution in [0.25, 0.3) is 0 Å². The van der Waals surface area contributed by atoms with E-state index in [1.807, 2.05) is 12.1 Å². The third-order valence-corrected chi connectivity index (χ3v) is 5.11. The van der Waals surface area contributed by atoms with Gasteiger partial charge in [-0.3, -0.25) is 4.79 Å². The number of hydrogen-bond acceptors (Lipinski definition) is 4. The number of aromatic nitrogens is 1. The molecule has 5 nitrogen and oxygen atoms in total. The summed E-state index contributed by atoms with van der Waals surface area (Å²) in [6, 6.07) is 4.54. The van der Waals surface area contributed by atoms with E-state index in [4.69, 9.17) is 5.73 Å². The second-order valence-electron chi connectivity index (χ2n) is 8.33. The standard InChI is InChI=1S/C18H28N4O/c1-17(2)8-14-9-18(3,11-17)12-22(14)15-5-4-13(10-20-15)21-16(23)6-7-19/h4-5,10,14H,6-9,11-12,19H2,1-3H3,(H,21,23).